The number of hydrogen-bond acceptors (Lipinski definition) is 6. The van der Waals surface area contributed by atoms with Gasteiger partial charge in [0, 0.05) is 36.4 Å². The second-order valence-electron chi connectivity index (χ2n) is 6.58. The Morgan fingerprint density at radius 2 is 2.00 bits per heavy atom. The third kappa shape index (κ3) is 4.12. The Labute approximate surface area is 162 Å². The van der Waals surface area contributed by atoms with E-state index >= 15 is 0 Å². The second-order valence-corrected chi connectivity index (χ2v) is 6.58. The molecule has 2 aromatic heterocycles. The van der Waals surface area contributed by atoms with E-state index in [2.05, 4.69) is 14.9 Å². The summed E-state index contributed by atoms with van der Waals surface area (Å²) in [6.45, 7) is 0.803. The van der Waals surface area contributed by atoms with Gasteiger partial charge in [-0.2, -0.15) is 0 Å². The zero-order valence-corrected chi connectivity index (χ0v) is 15.9. The number of aromatic hydroxyl groups is 1. The van der Waals surface area contributed by atoms with Gasteiger partial charge in [0.25, 0.3) is 0 Å². The molecule has 0 fully saturated rings. The summed E-state index contributed by atoms with van der Waals surface area (Å²) in [7, 11) is 5.39. The van der Waals surface area contributed by atoms with Gasteiger partial charge in [-0.1, -0.05) is 0 Å². The fraction of sp³-hybridized carbons (Fsp3) is 0.250. The van der Waals surface area contributed by atoms with Crippen LogP contribution in [0.15, 0.2) is 36.5 Å². The highest BCUT2D eigenvalue weighted by Crippen LogP contribution is 2.33. The molecule has 8 heteroatoms. The van der Waals surface area contributed by atoms with Gasteiger partial charge in [0.2, 0.25) is 5.88 Å². The Morgan fingerprint density at radius 3 is 2.64 bits per heavy atom. The highest BCUT2D eigenvalue weighted by atomic mass is 16.5. The van der Waals surface area contributed by atoms with Crippen LogP contribution in [0.3, 0.4) is 0 Å². The molecule has 146 valence electrons. The molecule has 0 bridgehead atoms. The van der Waals surface area contributed by atoms with Crippen molar-refractivity contribution in [2.75, 3.05) is 27.7 Å². The molecule has 2 heterocycles. The number of aromatic nitrogens is 3. The van der Waals surface area contributed by atoms with Gasteiger partial charge in [-0.25, -0.2) is 14.8 Å². The van der Waals surface area contributed by atoms with Crippen LogP contribution < -0.4 is 4.74 Å². The third-order valence-electron chi connectivity index (χ3n) is 4.29. The predicted molar refractivity (Wildman–Crippen MR) is 105 cm³/mol. The topological polar surface area (TPSA) is 112 Å². The molecule has 0 saturated carbocycles. The summed E-state index contributed by atoms with van der Waals surface area (Å²) in [6, 6.07) is 8.21. The second kappa shape index (κ2) is 8.10. The maximum Gasteiger partial charge on any atom is 0.339 e. The van der Waals surface area contributed by atoms with E-state index in [1.807, 2.05) is 14.1 Å². The molecule has 0 spiro atoms. The maximum absolute atomic E-state index is 11.6. The number of carboxylic acids is 1. The van der Waals surface area contributed by atoms with Gasteiger partial charge in [0.15, 0.2) is 0 Å². The molecule has 0 amide bonds. The number of rotatable bonds is 7. The minimum absolute atomic E-state index is 0.0568. The number of aromatic carboxylic acids is 1. The first-order valence-electron chi connectivity index (χ1n) is 8.69. The summed E-state index contributed by atoms with van der Waals surface area (Å²) in [6.07, 6.45) is 2.20. The first-order valence-corrected chi connectivity index (χ1v) is 8.69. The molecule has 0 aliphatic heterocycles. The molecule has 0 saturated heterocycles. The van der Waals surface area contributed by atoms with Crippen LogP contribution in [0.4, 0.5) is 0 Å². The van der Waals surface area contributed by atoms with Gasteiger partial charge in [-0.3, -0.25) is 0 Å². The van der Waals surface area contributed by atoms with Crippen molar-refractivity contribution < 1.29 is 19.7 Å². The van der Waals surface area contributed by atoms with Gasteiger partial charge in [0.05, 0.1) is 18.5 Å². The number of nitrogens with zero attached hydrogens (tertiary/aromatic N) is 3. The van der Waals surface area contributed by atoms with Gasteiger partial charge in [-0.05, 0) is 38.4 Å². The Kier molecular flexibility index (Phi) is 5.60. The number of nitrogens with one attached hydrogen (secondary N) is 1. The van der Waals surface area contributed by atoms with Crippen LogP contribution in [0.1, 0.15) is 16.2 Å². The number of H-pyrrole nitrogens is 1. The molecular weight excluding hydrogens is 360 g/mol. The van der Waals surface area contributed by atoms with E-state index in [1.165, 1.54) is 25.4 Å². The number of methoxy groups -OCH3 is 1. The van der Waals surface area contributed by atoms with Crippen LogP contribution in [-0.2, 0) is 6.42 Å². The van der Waals surface area contributed by atoms with E-state index in [-0.39, 0.29) is 17.2 Å². The summed E-state index contributed by atoms with van der Waals surface area (Å²) in [5, 5.41) is 19.2. The number of imidazole rings is 1. The highest BCUT2D eigenvalue weighted by Gasteiger charge is 2.18. The van der Waals surface area contributed by atoms with E-state index in [9.17, 15) is 15.0 Å². The molecule has 28 heavy (non-hydrogen) atoms. The summed E-state index contributed by atoms with van der Waals surface area (Å²) >= 11 is 0. The molecule has 8 nitrogen and oxygen atoms in total. The Bertz CT molecular complexity index is 998. The van der Waals surface area contributed by atoms with E-state index < -0.39 is 5.97 Å². The number of ether oxygens (including phenoxy) is 1. The standard InChI is InChI=1S/C20H22N4O4/c1-24(2)9-7-16-22-18(19(23-16)13-6-8-21-17(25)11-13)12-4-5-15(28-3)14(10-12)20(26)27/h4-6,8,10-11H,7,9H2,1-3H3,(H,21,25)(H,22,23)(H,26,27). The molecule has 3 rings (SSSR count). The minimum Gasteiger partial charge on any atom is -0.496 e. The average Bonchev–Trinajstić information content (AvgIpc) is 3.10. The third-order valence-corrected chi connectivity index (χ3v) is 4.29. The lowest BCUT2D eigenvalue weighted by molar-refractivity contribution is 0.0693. The van der Waals surface area contributed by atoms with Crippen LogP contribution in [0, 0.1) is 0 Å². The van der Waals surface area contributed by atoms with Crippen LogP contribution in [0.5, 0.6) is 11.6 Å². The number of benzene rings is 1. The van der Waals surface area contributed by atoms with Gasteiger partial charge >= 0.3 is 5.97 Å². The Hall–Kier alpha value is -3.39. The van der Waals surface area contributed by atoms with Gasteiger partial charge < -0.3 is 24.8 Å². The lowest BCUT2D eigenvalue weighted by atomic mass is 10.0. The molecule has 3 N–H and O–H groups in total. The Balaban J connectivity index is 2.13. The summed E-state index contributed by atoms with van der Waals surface area (Å²) in [4.78, 5) is 25.5. The first-order chi connectivity index (χ1) is 13.4. The van der Waals surface area contributed by atoms with Crippen molar-refractivity contribution in [1.29, 1.82) is 0 Å². The number of aromatic amines is 1. The summed E-state index contributed by atoms with van der Waals surface area (Å²) < 4.78 is 5.14. The van der Waals surface area contributed by atoms with Gasteiger partial charge in [-0.15, -0.1) is 0 Å². The molecule has 0 radical (unpaired) electrons. The minimum atomic E-state index is -1.08. The van der Waals surface area contributed by atoms with Crippen LogP contribution in [-0.4, -0.2) is 63.8 Å². The first kappa shape index (κ1) is 19.4. The van der Waals surface area contributed by atoms with Crippen molar-refractivity contribution in [3.63, 3.8) is 0 Å². The number of likely N-dealkylation sites (N-methyl/N-ethyl adjacent to an activating group) is 1. The fourth-order valence-electron chi connectivity index (χ4n) is 2.88. The monoisotopic (exact) mass is 382 g/mol. The molecular formula is C20H22N4O4. The number of carbonyl (C=O) groups is 1. The number of hydrogen-bond donors (Lipinski definition) is 3. The maximum atomic E-state index is 11.6. The molecule has 0 aliphatic carbocycles. The van der Waals surface area contributed by atoms with Gasteiger partial charge in [0.1, 0.15) is 17.1 Å². The lowest BCUT2D eigenvalue weighted by Gasteiger charge is -2.08. The van der Waals surface area contributed by atoms with Crippen molar-refractivity contribution in [2.24, 2.45) is 0 Å². The summed E-state index contributed by atoms with van der Waals surface area (Å²) in [5.74, 6) is -0.135. The molecule has 1 aromatic carbocycles. The van der Waals surface area contributed by atoms with Crippen molar-refractivity contribution in [3.05, 3.63) is 47.9 Å². The largest absolute Gasteiger partial charge is 0.496 e. The zero-order valence-electron chi connectivity index (χ0n) is 15.9. The van der Waals surface area contributed by atoms with Crippen molar-refractivity contribution in [1.82, 2.24) is 19.9 Å². The highest BCUT2D eigenvalue weighted by molar-refractivity contribution is 5.93. The van der Waals surface area contributed by atoms with Crippen LogP contribution in [0.25, 0.3) is 22.5 Å². The average molecular weight is 382 g/mol. The SMILES string of the molecule is COc1ccc(-c2nc(CCN(C)C)[nH]c2-c2ccnc(O)c2)cc1C(=O)O. The van der Waals surface area contributed by atoms with Crippen LogP contribution >= 0.6 is 0 Å². The normalized spacial score (nSPS) is 11.0. The zero-order chi connectivity index (χ0) is 20.3. The summed E-state index contributed by atoms with van der Waals surface area (Å²) in [5.41, 5.74) is 2.69. The molecule has 0 aliphatic rings. The van der Waals surface area contributed by atoms with Crippen molar-refractivity contribution in [3.8, 4) is 34.1 Å². The quantitative estimate of drug-likeness (QED) is 0.576. The van der Waals surface area contributed by atoms with Crippen LogP contribution in [0.2, 0.25) is 0 Å². The number of pyridine rings is 1. The smallest absolute Gasteiger partial charge is 0.339 e. The number of carboxylic acid groups (broad SMARTS) is 1. The van der Waals surface area contributed by atoms with E-state index in [1.54, 1.807) is 18.2 Å². The molecule has 0 unspecified atom stereocenters. The lowest BCUT2D eigenvalue weighted by Crippen LogP contribution is -2.15. The van der Waals surface area contributed by atoms with E-state index in [0.29, 0.717) is 28.9 Å². The molecule has 3 aromatic rings. The molecule has 0 atom stereocenters. The Morgan fingerprint density at radius 1 is 1.21 bits per heavy atom. The fourth-order valence-corrected chi connectivity index (χ4v) is 2.88. The van der Waals surface area contributed by atoms with E-state index in [0.717, 1.165) is 12.4 Å². The predicted octanol–water partition coefficient (Wildman–Crippen LogP) is 2.66. The van der Waals surface area contributed by atoms with Crippen molar-refractivity contribution >= 4 is 5.97 Å². The van der Waals surface area contributed by atoms with E-state index in [4.69, 9.17) is 9.72 Å². The van der Waals surface area contributed by atoms with Crippen molar-refractivity contribution in [2.45, 2.75) is 6.42 Å².